The molecule has 0 saturated carbocycles. The number of ether oxygens (including phenoxy) is 2. The topological polar surface area (TPSA) is 62.3 Å². The van der Waals surface area contributed by atoms with Crippen LogP contribution in [0, 0.1) is 5.82 Å². The molecule has 1 atom stereocenters. The van der Waals surface area contributed by atoms with Gasteiger partial charge in [0.05, 0.1) is 6.04 Å². The van der Waals surface area contributed by atoms with Crippen molar-refractivity contribution >= 4 is 11.9 Å². The molecule has 2 saturated heterocycles. The van der Waals surface area contributed by atoms with Crippen molar-refractivity contribution in [1.29, 1.82) is 0 Å². The van der Waals surface area contributed by atoms with Crippen molar-refractivity contribution in [3.8, 4) is 11.5 Å². The molecule has 0 unspecified atom stereocenters. The number of hydrogen-bond acceptors (Lipinski definition) is 4. The molecular weight excluding hydrogens is 377 g/mol. The monoisotopic (exact) mass is 397 g/mol. The molecule has 0 N–H and O–H groups in total. The first-order valence-corrected chi connectivity index (χ1v) is 9.57. The van der Waals surface area contributed by atoms with Crippen molar-refractivity contribution in [3.63, 3.8) is 0 Å². The van der Waals surface area contributed by atoms with Gasteiger partial charge in [0.2, 0.25) is 6.79 Å². The van der Waals surface area contributed by atoms with E-state index >= 15 is 0 Å². The van der Waals surface area contributed by atoms with E-state index in [1.165, 1.54) is 12.1 Å². The van der Waals surface area contributed by atoms with Crippen molar-refractivity contribution < 1.29 is 23.5 Å². The number of carbonyl (C=O) groups excluding carboxylic acids is 2. The third-order valence-corrected chi connectivity index (χ3v) is 5.62. The van der Waals surface area contributed by atoms with Gasteiger partial charge in [-0.15, -0.1) is 0 Å². The highest BCUT2D eigenvalue weighted by Gasteiger charge is 2.41. The van der Waals surface area contributed by atoms with Crippen LogP contribution in [0.2, 0.25) is 0 Å². The molecular formula is C21H20FN3O4. The van der Waals surface area contributed by atoms with Crippen molar-refractivity contribution in [2.45, 2.75) is 12.6 Å². The Morgan fingerprint density at radius 2 is 1.83 bits per heavy atom. The zero-order valence-electron chi connectivity index (χ0n) is 15.7. The second-order valence-corrected chi connectivity index (χ2v) is 7.46. The zero-order valence-corrected chi connectivity index (χ0v) is 15.7. The van der Waals surface area contributed by atoms with Crippen molar-refractivity contribution in [2.24, 2.45) is 0 Å². The van der Waals surface area contributed by atoms with Crippen LogP contribution in [0.25, 0.3) is 0 Å². The predicted molar refractivity (Wildman–Crippen MR) is 101 cm³/mol. The summed E-state index contributed by atoms with van der Waals surface area (Å²) in [5, 5.41) is 0. The van der Waals surface area contributed by atoms with E-state index in [2.05, 4.69) is 0 Å². The van der Waals surface area contributed by atoms with Crippen molar-refractivity contribution in [3.05, 3.63) is 59.4 Å². The Morgan fingerprint density at radius 1 is 1.03 bits per heavy atom. The maximum absolute atomic E-state index is 13.1. The largest absolute Gasteiger partial charge is 0.454 e. The molecule has 0 spiro atoms. The smallest absolute Gasteiger partial charge is 0.320 e. The summed E-state index contributed by atoms with van der Waals surface area (Å²) in [7, 11) is 0. The van der Waals surface area contributed by atoms with E-state index in [9.17, 15) is 14.0 Å². The van der Waals surface area contributed by atoms with Crippen LogP contribution in [-0.2, 0) is 6.54 Å². The van der Waals surface area contributed by atoms with Crippen molar-refractivity contribution in [1.82, 2.24) is 14.7 Å². The SMILES string of the molecule is O=C(c1ccc2c(c1)OCO2)N1CCN2C(=O)N(Cc3ccc(F)cc3)C[C@H]2C1. The Labute approximate surface area is 167 Å². The minimum atomic E-state index is -0.295. The Balaban J connectivity index is 1.26. The minimum absolute atomic E-state index is 0.0329. The average Bonchev–Trinajstić information content (AvgIpc) is 3.33. The number of nitrogens with zero attached hydrogens (tertiary/aromatic N) is 3. The van der Waals surface area contributed by atoms with Crippen LogP contribution in [0.15, 0.2) is 42.5 Å². The van der Waals surface area contributed by atoms with Gasteiger partial charge in [-0.25, -0.2) is 9.18 Å². The standard InChI is InChI=1S/C21H20FN3O4/c22-16-4-1-14(2-5-16)10-24-12-17-11-23(7-8-25(17)21(24)27)20(26)15-3-6-18-19(9-15)29-13-28-18/h1-6,9,17H,7-8,10-13H2/t17-/m1/s1. The van der Waals surface area contributed by atoms with E-state index < -0.39 is 0 Å². The second-order valence-electron chi connectivity index (χ2n) is 7.46. The Hall–Kier alpha value is -3.29. The van der Waals surface area contributed by atoms with E-state index in [1.54, 1.807) is 40.1 Å². The van der Waals surface area contributed by atoms with E-state index in [1.807, 2.05) is 4.90 Å². The number of halogens is 1. The summed E-state index contributed by atoms with van der Waals surface area (Å²) in [4.78, 5) is 31.0. The quantitative estimate of drug-likeness (QED) is 0.798. The van der Waals surface area contributed by atoms with Gasteiger partial charge in [-0.05, 0) is 35.9 Å². The second kappa shape index (κ2) is 6.95. The summed E-state index contributed by atoms with van der Waals surface area (Å²) in [5.74, 6) is 0.851. The third-order valence-electron chi connectivity index (χ3n) is 5.62. The van der Waals surface area contributed by atoms with Gasteiger partial charge in [-0.1, -0.05) is 12.1 Å². The van der Waals surface area contributed by atoms with E-state index in [4.69, 9.17) is 9.47 Å². The lowest BCUT2D eigenvalue weighted by atomic mass is 10.1. The lowest BCUT2D eigenvalue weighted by Gasteiger charge is -2.36. The molecule has 0 aliphatic carbocycles. The molecule has 0 bridgehead atoms. The number of carbonyl (C=O) groups is 2. The van der Waals surface area contributed by atoms with Crippen LogP contribution in [0.5, 0.6) is 11.5 Å². The molecule has 7 nitrogen and oxygen atoms in total. The fourth-order valence-corrected chi connectivity index (χ4v) is 4.12. The molecule has 0 radical (unpaired) electrons. The number of fused-ring (bicyclic) bond motifs is 2. The molecule has 3 heterocycles. The van der Waals surface area contributed by atoms with Gasteiger partial charge in [0.15, 0.2) is 11.5 Å². The number of rotatable bonds is 3. The van der Waals surface area contributed by atoms with Gasteiger partial charge in [0.25, 0.3) is 5.91 Å². The molecule has 3 amide bonds. The highest BCUT2D eigenvalue weighted by atomic mass is 19.1. The van der Waals surface area contributed by atoms with Crippen LogP contribution >= 0.6 is 0 Å². The first kappa shape index (κ1) is 17.8. The molecule has 5 rings (SSSR count). The van der Waals surface area contributed by atoms with Crippen LogP contribution in [0.1, 0.15) is 15.9 Å². The van der Waals surface area contributed by atoms with Crippen molar-refractivity contribution in [2.75, 3.05) is 33.0 Å². The first-order chi connectivity index (χ1) is 14.1. The fourth-order valence-electron chi connectivity index (χ4n) is 4.12. The zero-order chi connectivity index (χ0) is 20.0. The normalized spacial score (nSPS) is 20.2. The van der Waals surface area contributed by atoms with Gasteiger partial charge >= 0.3 is 6.03 Å². The summed E-state index contributed by atoms with van der Waals surface area (Å²) in [5.41, 5.74) is 1.43. The summed E-state index contributed by atoms with van der Waals surface area (Å²) in [6, 6.07) is 11.3. The summed E-state index contributed by atoms with van der Waals surface area (Å²) >= 11 is 0. The summed E-state index contributed by atoms with van der Waals surface area (Å²) in [6.07, 6.45) is 0. The maximum Gasteiger partial charge on any atom is 0.320 e. The number of urea groups is 1. The molecule has 29 heavy (non-hydrogen) atoms. The van der Waals surface area contributed by atoms with E-state index in [0.717, 1.165) is 5.56 Å². The average molecular weight is 397 g/mol. The molecule has 2 aromatic carbocycles. The molecule has 2 aromatic rings. The maximum atomic E-state index is 13.1. The number of hydrogen-bond donors (Lipinski definition) is 0. The van der Waals surface area contributed by atoms with Crippen LogP contribution in [-0.4, -0.2) is 65.7 Å². The van der Waals surface area contributed by atoms with Gasteiger partial charge < -0.3 is 24.2 Å². The van der Waals surface area contributed by atoms with Gasteiger partial charge in [-0.2, -0.15) is 0 Å². The van der Waals surface area contributed by atoms with E-state index in [0.29, 0.717) is 49.8 Å². The Bertz CT molecular complexity index is 965. The third kappa shape index (κ3) is 3.24. The molecule has 0 aromatic heterocycles. The van der Waals surface area contributed by atoms with Gasteiger partial charge in [-0.3, -0.25) is 4.79 Å². The van der Waals surface area contributed by atoms with Crippen LogP contribution in [0.4, 0.5) is 9.18 Å². The summed E-state index contributed by atoms with van der Waals surface area (Å²) in [6.45, 7) is 2.61. The molecule has 3 aliphatic heterocycles. The highest BCUT2D eigenvalue weighted by Crippen LogP contribution is 2.33. The van der Waals surface area contributed by atoms with E-state index in [-0.39, 0.29) is 30.6 Å². The fraction of sp³-hybridized carbons (Fsp3) is 0.333. The molecule has 150 valence electrons. The van der Waals surface area contributed by atoms with Crippen LogP contribution < -0.4 is 9.47 Å². The highest BCUT2D eigenvalue weighted by molar-refractivity contribution is 5.95. The minimum Gasteiger partial charge on any atom is -0.454 e. The summed E-state index contributed by atoms with van der Waals surface area (Å²) < 4.78 is 23.8. The first-order valence-electron chi connectivity index (χ1n) is 9.57. The lowest BCUT2D eigenvalue weighted by molar-refractivity contribution is 0.0616. The number of benzene rings is 2. The number of amides is 3. The molecule has 3 aliphatic rings. The van der Waals surface area contributed by atoms with Gasteiger partial charge in [0, 0.05) is 38.3 Å². The lowest BCUT2D eigenvalue weighted by Crippen LogP contribution is -2.53. The van der Waals surface area contributed by atoms with Crippen LogP contribution in [0.3, 0.4) is 0 Å². The molecule has 2 fully saturated rings. The molecule has 8 heteroatoms. The Kier molecular flexibility index (Phi) is 4.26. The Morgan fingerprint density at radius 3 is 2.66 bits per heavy atom. The van der Waals surface area contributed by atoms with Gasteiger partial charge in [0.1, 0.15) is 5.82 Å². The predicted octanol–water partition coefficient (Wildman–Crippen LogP) is 2.32. The number of piperazine rings is 1.